The predicted molar refractivity (Wildman–Crippen MR) is 87.7 cm³/mol. The molecule has 9 heteroatoms. The molecule has 1 saturated heterocycles. The number of H-pyrrole nitrogens is 1. The fourth-order valence-corrected chi connectivity index (χ4v) is 4.15. The number of carbonyl (C=O) groups excluding carboxylic acids is 1. The number of hydrogen-bond acceptors (Lipinski definition) is 5. The van der Waals surface area contributed by atoms with Gasteiger partial charge in [0.05, 0.1) is 18.4 Å². The van der Waals surface area contributed by atoms with Crippen molar-refractivity contribution in [3.63, 3.8) is 0 Å². The summed E-state index contributed by atoms with van der Waals surface area (Å²) in [6.07, 6.45) is 5.50. The molecule has 24 heavy (non-hydrogen) atoms. The largest absolute Gasteiger partial charge is 0.335 e. The van der Waals surface area contributed by atoms with Gasteiger partial charge in [0.1, 0.15) is 5.82 Å². The fourth-order valence-electron chi connectivity index (χ4n) is 2.73. The van der Waals surface area contributed by atoms with Crippen LogP contribution < -0.4 is 5.32 Å². The lowest BCUT2D eigenvalue weighted by Crippen LogP contribution is -2.43. The summed E-state index contributed by atoms with van der Waals surface area (Å²) in [6, 6.07) is 3.62. The lowest BCUT2D eigenvalue weighted by Gasteiger charge is -2.30. The van der Waals surface area contributed by atoms with E-state index in [1.165, 1.54) is 16.8 Å². The maximum atomic E-state index is 12.5. The Morgan fingerprint density at radius 1 is 1.46 bits per heavy atom. The van der Waals surface area contributed by atoms with Crippen LogP contribution in [-0.4, -0.2) is 46.7 Å². The van der Waals surface area contributed by atoms with Crippen LogP contribution in [0.2, 0.25) is 0 Å². The van der Waals surface area contributed by atoms with Crippen molar-refractivity contribution < 1.29 is 13.2 Å². The number of sulfonamides is 1. The summed E-state index contributed by atoms with van der Waals surface area (Å²) in [5, 5.41) is 2.81. The third-order valence-corrected chi connectivity index (χ3v) is 5.80. The summed E-state index contributed by atoms with van der Waals surface area (Å²) in [5.74, 6) is -0.134. The third-order valence-electron chi connectivity index (χ3n) is 4.01. The minimum atomic E-state index is -3.65. The fraction of sp³-hybridized carbons (Fsp3) is 0.400. The first kappa shape index (κ1) is 16.6. The topological polar surface area (TPSA) is 108 Å². The molecule has 2 aromatic heterocycles. The molecular formula is C15H19N5O3S. The monoisotopic (exact) mass is 349 g/mol. The molecule has 0 bridgehead atoms. The maximum Gasteiger partial charge on any atom is 0.260 e. The van der Waals surface area contributed by atoms with Crippen molar-refractivity contribution in [3.05, 3.63) is 36.4 Å². The number of piperidine rings is 1. The molecule has 0 unspecified atom stereocenters. The molecule has 0 radical (unpaired) electrons. The van der Waals surface area contributed by atoms with E-state index in [0.29, 0.717) is 25.2 Å². The van der Waals surface area contributed by atoms with E-state index in [2.05, 4.69) is 20.3 Å². The van der Waals surface area contributed by atoms with Crippen molar-refractivity contribution in [1.29, 1.82) is 0 Å². The number of aromatic amines is 1. The molecule has 0 saturated carbocycles. The number of hydrogen-bond donors (Lipinski definition) is 2. The SMILES string of the molecule is Cc1ccnc(NC(=O)[C@H]2CCCN(S(=O)(=O)c3cnc[nH]3)C2)c1. The average Bonchev–Trinajstić information content (AvgIpc) is 3.10. The van der Waals surface area contributed by atoms with Crippen LogP contribution in [0, 0.1) is 12.8 Å². The minimum Gasteiger partial charge on any atom is -0.335 e. The highest BCUT2D eigenvalue weighted by Gasteiger charge is 2.34. The number of imidazole rings is 1. The number of anilines is 1. The van der Waals surface area contributed by atoms with Crippen LogP contribution >= 0.6 is 0 Å². The number of aromatic nitrogens is 3. The van der Waals surface area contributed by atoms with Gasteiger partial charge >= 0.3 is 0 Å². The van der Waals surface area contributed by atoms with Crippen LogP contribution in [0.5, 0.6) is 0 Å². The van der Waals surface area contributed by atoms with Crippen LogP contribution in [0.3, 0.4) is 0 Å². The second kappa shape index (κ2) is 6.70. The number of pyridine rings is 1. The molecule has 0 spiro atoms. The molecule has 0 aromatic carbocycles. The maximum absolute atomic E-state index is 12.5. The highest BCUT2D eigenvalue weighted by atomic mass is 32.2. The van der Waals surface area contributed by atoms with E-state index in [9.17, 15) is 13.2 Å². The van der Waals surface area contributed by atoms with Crippen molar-refractivity contribution >= 4 is 21.7 Å². The van der Waals surface area contributed by atoms with Gasteiger partial charge in [0.15, 0.2) is 5.03 Å². The zero-order chi connectivity index (χ0) is 17.2. The molecule has 1 atom stereocenters. The Hall–Kier alpha value is -2.26. The number of carbonyl (C=O) groups is 1. The molecule has 0 aliphatic carbocycles. The van der Waals surface area contributed by atoms with Crippen LogP contribution in [0.1, 0.15) is 18.4 Å². The lowest BCUT2D eigenvalue weighted by atomic mass is 9.99. The molecule has 8 nitrogen and oxygen atoms in total. The molecule has 1 amide bonds. The van der Waals surface area contributed by atoms with Gasteiger partial charge < -0.3 is 10.3 Å². The first-order valence-electron chi connectivity index (χ1n) is 7.69. The Kier molecular flexibility index (Phi) is 4.63. The Morgan fingerprint density at radius 2 is 2.29 bits per heavy atom. The van der Waals surface area contributed by atoms with Gasteiger partial charge in [0.2, 0.25) is 5.91 Å². The van der Waals surface area contributed by atoms with E-state index in [4.69, 9.17) is 0 Å². The Bertz CT molecular complexity index is 819. The second-order valence-electron chi connectivity index (χ2n) is 5.83. The van der Waals surface area contributed by atoms with Crippen molar-refractivity contribution in [3.8, 4) is 0 Å². The summed E-state index contributed by atoms with van der Waals surface area (Å²) in [7, 11) is -3.65. The van der Waals surface area contributed by atoms with Crippen LogP contribution in [-0.2, 0) is 14.8 Å². The van der Waals surface area contributed by atoms with E-state index in [1.54, 1.807) is 12.3 Å². The Balaban J connectivity index is 1.70. The lowest BCUT2D eigenvalue weighted by molar-refractivity contribution is -0.120. The first-order valence-corrected chi connectivity index (χ1v) is 9.13. The third kappa shape index (κ3) is 3.46. The summed E-state index contributed by atoms with van der Waals surface area (Å²) in [6.45, 7) is 2.46. The summed E-state index contributed by atoms with van der Waals surface area (Å²) in [4.78, 5) is 22.9. The Morgan fingerprint density at radius 3 is 3.00 bits per heavy atom. The molecule has 1 fully saturated rings. The normalized spacial score (nSPS) is 19.1. The van der Waals surface area contributed by atoms with Gasteiger partial charge in [-0.1, -0.05) is 0 Å². The van der Waals surface area contributed by atoms with Gasteiger partial charge in [-0.15, -0.1) is 0 Å². The highest BCUT2D eigenvalue weighted by Crippen LogP contribution is 2.23. The summed E-state index contributed by atoms with van der Waals surface area (Å²) < 4.78 is 26.4. The van der Waals surface area contributed by atoms with Crippen molar-refractivity contribution in [2.24, 2.45) is 5.92 Å². The summed E-state index contributed by atoms with van der Waals surface area (Å²) in [5.41, 5.74) is 0.993. The molecule has 1 aliphatic rings. The van der Waals surface area contributed by atoms with Crippen molar-refractivity contribution in [2.75, 3.05) is 18.4 Å². The first-order chi connectivity index (χ1) is 11.5. The number of rotatable bonds is 4. The average molecular weight is 349 g/mol. The van der Waals surface area contributed by atoms with Crippen molar-refractivity contribution in [1.82, 2.24) is 19.3 Å². The van der Waals surface area contributed by atoms with E-state index in [-0.39, 0.29) is 17.5 Å². The molecule has 1 aliphatic heterocycles. The van der Waals surface area contributed by atoms with E-state index in [0.717, 1.165) is 5.56 Å². The van der Waals surface area contributed by atoms with Gasteiger partial charge in [-0.2, -0.15) is 4.31 Å². The minimum absolute atomic E-state index is 0.0453. The van der Waals surface area contributed by atoms with E-state index >= 15 is 0 Å². The van der Waals surface area contributed by atoms with Gasteiger partial charge in [-0.3, -0.25) is 4.79 Å². The Labute approximate surface area is 140 Å². The smallest absolute Gasteiger partial charge is 0.260 e. The second-order valence-corrected chi connectivity index (χ2v) is 7.73. The molecular weight excluding hydrogens is 330 g/mol. The van der Waals surface area contributed by atoms with Crippen LogP contribution in [0.25, 0.3) is 0 Å². The zero-order valence-corrected chi connectivity index (χ0v) is 14.1. The molecule has 3 rings (SSSR count). The van der Waals surface area contributed by atoms with Crippen LogP contribution in [0.15, 0.2) is 35.9 Å². The number of nitrogens with zero attached hydrogens (tertiary/aromatic N) is 3. The standard InChI is InChI=1S/C15H19N5O3S/c1-11-4-5-17-13(7-11)19-15(21)12-3-2-6-20(9-12)24(22,23)14-8-16-10-18-14/h4-5,7-8,10,12H,2-3,6,9H2,1H3,(H,16,18)(H,17,19,21)/t12-/m0/s1. The number of amides is 1. The number of aryl methyl sites for hydroxylation is 1. The number of nitrogens with one attached hydrogen (secondary N) is 2. The molecule has 2 aromatic rings. The van der Waals surface area contributed by atoms with Gasteiger partial charge in [-0.25, -0.2) is 18.4 Å². The van der Waals surface area contributed by atoms with Crippen LogP contribution in [0.4, 0.5) is 5.82 Å². The predicted octanol–water partition coefficient (Wildman–Crippen LogP) is 1.15. The molecule has 128 valence electrons. The highest BCUT2D eigenvalue weighted by molar-refractivity contribution is 7.89. The van der Waals surface area contributed by atoms with E-state index < -0.39 is 15.9 Å². The molecule has 2 N–H and O–H groups in total. The summed E-state index contributed by atoms with van der Waals surface area (Å²) >= 11 is 0. The molecule has 3 heterocycles. The van der Waals surface area contributed by atoms with Gasteiger partial charge in [0.25, 0.3) is 10.0 Å². The zero-order valence-electron chi connectivity index (χ0n) is 13.3. The van der Waals surface area contributed by atoms with Crippen molar-refractivity contribution in [2.45, 2.75) is 24.8 Å². The van der Waals surface area contributed by atoms with E-state index in [1.807, 2.05) is 13.0 Å². The van der Waals surface area contributed by atoms with Gasteiger partial charge in [0, 0.05) is 19.3 Å². The quantitative estimate of drug-likeness (QED) is 0.861. The van der Waals surface area contributed by atoms with Gasteiger partial charge in [-0.05, 0) is 37.5 Å².